The van der Waals surface area contributed by atoms with Gasteiger partial charge in [0.1, 0.15) is 16.5 Å². The summed E-state index contributed by atoms with van der Waals surface area (Å²) in [7, 11) is -3.44. The fourth-order valence-corrected chi connectivity index (χ4v) is 5.84. The maximum Gasteiger partial charge on any atom is 0.223 e. The molecule has 1 atom stereocenters. The highest BCUT2D eigenvalue weighted by Gasteiger charge is 2.25. The number of amides is 1. The number of rotatable bonds is 8. The van der Waals surface area contributed by atoms with Crippen LogP contribution in [0.4, 0.5) is 0 Å². The fourth-order valence-electron chi connectivity index (χ4n) is 3.54. The molecule has 3 aromatic rings. The standard InChI is InChI=1S/C22H22N2O4S2/c25-21(8-10-28-19-4-2-1-3-5-19)24-18-12-16-6-7-20(14-17(16)13-18)30(26,27)15-22-23-9-11-29-22/h1-7,9,11,14,18H,8,10,12-13,15H2,(H,24,25). The van der Waals surface area contributed by atoms with Gasteiger partial charge < -0.3 is 10.1 Å². The molecule has 30 heavy (non-hydrogen) atoms. The van der Waals surface area contributed by atoms with E-state index in [1.165, 1.54) is 11.3 Å². The van der Waals surface area contributed by atoms with Crippen molar-refractivity contribution in [2.45, 2.75) is 36.0 Å². The molecular formula is C22H22N2O4S2. The quantitative estimate of drug-likeness (QED) is 0.579. The number of nitrogens with one attached hydrogen (secondary N) is 1. The molecule has 4 rings (SSSR count). The van der Waals surface area contributed by atoms with Gasteiger partial charge in [0.25, 0.3) is 0 Å². The highest BCUT2D eigenvalue weighted by atomic mass is 32.2. The van der Waals surface area contributed by atoms with Crippen LogP contribution in [0.3, 0.4) is 0 Å². The SMILES string of the molecule is O=C(CCOc1ccccc1)NC1Cc2ccc(S(=O)(=O)Cc3nccs3)cc2C1. The van der Waals surface area contributed by atoms with Crippen molar-refractivity contribution in [3.05, 3.63) is 76.2 Å². The molecule has 156 valence electrons. The zero-order valence-corrected chi connectivity index (χ0v) is 17.9. The number of hydrogen-bond acceptors (Lipinski definition) is 6. The predicted molar refractivity (Wildman–Crippen MR) is 115 cm³/mol. The van der Waals surface area contributed by atoms with Crippen molar-refractivity contribution < 1.29 is 17.9 Å². The van der Waals surface area contributed by atoms with Crippen LogP contribution in [-0.2, 0) is 33.2 Å². The van der Waals surface area contributed by atoms with Gasteiger partial charge >= 0.3 is 0 Å². The first kappa shape index (κ1) is 20.6. The Kier molecular flexibility index (Phi) is 6.15. The Morgan fingerprint density at radius 2 is 1.93 bits per heavy atom. The Bertz CT molecular complexity index is 1110. The van der Waals surface area contributed by atoms with E-state index in [2.05, 4.69) is 10.3 Å². The van der Waals surface area contributed by atoms with E-state index in [4.69, 9.17) is 4.74 Å². The molecule has 1 aliphatic carbocycles. The van der Waals surface area contributed by atoms with Crippen molar-refractivity contribution in [3.63, 3.8) is 0 Å². The molecule has 6 nitrogen and oxygen atoms in total. The molecule has 8 heteroatoms. The fraction of sp³-hybridized carbons (Fsp3) is 0.273. The van der Waals surface area contributed by atoms with Crippen LogP contribution in [0.25, 0.3) is 0 Å². The molecule has 0 spiro atoms. The molecular weight excluding hydrogens is 420 g/mol. The van der Waals surface area contributed by atoms with Gasteiger partial charge in [-0.3, -0.25) is 4.79 Å². The van der Waals surface area contributed by atoms with Crippen LogP contribution < -0.4 is 10.1 Å². The molecule has 1 amide bonds. The van der Waals surface area contributed by atoms with Crippen molar-refractivity contribution in [1.82, 2.24) is 10.3 Å². The van der Waals surface area contributed by atoms with Crippen molar-refractivity contribution in [3.8, 4) is 5.75 Å². The smallest absolute Gasteiger partial charge is 0.223 e. The first-order chi connectivity index (χ1) is 14.5. The molecule has 0 saturated carbocycles. The van der Waals surface area contributed by atoms with Crippen molar-refractivity contribution >= 4 is 27.1 Å². The minimum atomic E-state index is -3.44. The Morgan fingerprint density at radius 3 is 2.70 bits per heavy atom. The van der Waals surface area contributed by atoms with Crippen molar-refractivity contribution in [2.75, 3.05) is 6.61 Å². The number of carbonyl (C=O) groups is 1. The number of nitrogens with zero attached hydrogens (tertiary/aromatic N) is 1. The van der Waals surface area contributed by atoms with E-state index in [9.17, 15) is 13.2 Å². The number of sulfone groups is 1. The summed E-state index contributed by atoms with van der Waals surface area (Å²) in [6, 6.07) is 14.6. The van der Waals surface area contributed by atoms with Crippen molar-refractivity contribution in [1.29, 1.82) is 0 Å². The summed E-state index contributed by atoms with van der Waals surface area (Å²) < 4.78 is 30.9. The molecule has 1 N–H and O–H groups in total. The van der Waals surface area contributed by atoms with Crippen LogP contribution in [0.15, 0.2) is 65.0 Å². The van der Waals surface area contributed by atoms with Gasteiger partial charge in [0.2, 0.25) is 5.91 Å². The Hall–Kier alpha value is -2.71. The third kappa shape index (κ3) is 5.06. The largest absolute Gasteiger partial charge is 0.493 e. The molecule has 1 aromatic heterocycles. The summed E-state index contributed by atoms with van der Waals surface area (Å²) in [5, 5.41) is 5.38. The summed E-state index contributed by atoms with van der Waals surface area (Å²) in [4.78, 5) is 16.6. The van der Waals surface area contributed by atoms with E-state index in [0.29, 0.717) is 29.4 Å². The third-order valence-corrected chi connectivity index (χ3v) is 7.56. The van der Waals surface area contributed by atoms with Crippen LogP contribution >= 0.6 is 11.3 Å². The summed E-state index contributed by atoms with van der Waals surface area (Å²) in [6.07, 6.45) is 3.21. The average Bonchev–Trinajstić information content (AvgIpc) is 3.36. The predicted octanol–water partition coefficient (Wildman–Crippen LogP) is 3.17. The molecule has 1 unspecified atom stereocenters. The minimum absolute atomic E-state index is 0.0267. The van der Waals surface area contributed by atoms with E-state index < -0.39 is 9.84 Å². The van der Waals surface area contributed by atoms with Crippen LogP contribution in [0.1, 0.15) is 22.6 Å². The van der Waals surface area contributed by atoms with E-state index in [1.54, 1.807) is 23.7 Å². The number of aromatic nitrogens is 1. The molecule has 1 heterocycles. The van der Waals surface area contributed by atoms with Gasteiger partial charge in [0, 0.05) is 17.6 Å². The lowest BCUT2D eigenvalue weighted by Crippen LogP contribution is -2.35. The maximum atomic E-state index is 12.7. The second-order valence-corrected chi connectivity index (χ2v) is 10.2. The molecule has 0 bridgehead atoms. The Labute approximate surface area is 179 Å². The van der Waals surface area contributed by atoms with Gasteiger partial charge in [-0.2, -0.15) is 0 Å². The van der Waals surface area contributed by atoms with Gasteiger partial charge in [-0.25, -0.2) is 13.4 Å². The maximum absolute atomic E-state index is 12.7. The molecule has 0 radical (unpaired) electrons. The first-order valence-corrected chi connectivity index (χ1v) is 12.2. The van der Waals surface area contributed by atoms with Gasteiger partial charge in [-0.05, 0) is 48.2 Å². The molecule has 0 aliphatic heterocycles. The molecule has 0 saturated heterocycles. The highest BCUT2D eigenvalue weighted by molar-refractivity contribution is 7.90. The highest BCUT2D eigenvalue weighted by Crippen LogP contribution is 2.27. The molecule has 1 aliphatic rings. The van der Waals surface area contributed by atoms with Gasteiger partial charge in [-0.15, -0.1) is 11.3 Å². The van der Waals surface area contributed by atoms with E-state index >= 15 is 0 Å². The average molecular weight is 443 g/mol. The first-order valence-electron chi connectivity index (χ1n) is 9.70. The molecule has 2 aromatic carbocycles. The Balaban J connectivity index is 1.31. The van der Waals surface area contributed by atoms with Gasteiger partial charge in [0.15, 0.2) is 9.84 Å². The van der Waals surface area contributed by atoms with E-state index in [-0.39, 0.29) is 24.1 Å². The van der Waals surface area contributed by atoms with Crippen LogP contribution in [0.2, 0.25) is 0 Å². The number of para-hydroxylation sites is 1. The summed E-state index contributed by atoms with van der Waals surface area (Å²) in [6.45, 7) is 0.314. The minimum Gasteiger partial charge on any atom is -0.493 e. The van der Waals surface area contributed by atoms with Crippen LogP contribution in [-0.4, -0.2) is 32.0 Å². The van der Waals surface area contributed by atoms with Crippen molar-refractivity contribution in [2.24, 2.45) is 0 Å². The van der Waals surface area contributed by atoms with Gasteiger partial charge in [0.05, 0.1) is 17.9 Å². The number of ether oxygens (including phenoxy) is 1. The number of fused-ring (bicyclic) bond motifs is 1. The van der Waals surface area contributed by atoms with E-state index in [1.807, 2.05) is 36.4 Å². The zero-order chi connectivity index (χ0) is 21.0. The van der Waals surface area contributed by atoms with Crippen LogP contribution in [0.5, 0.6) is 5.75 Å². The molecule has 0 fully saturated rings. The third-order valence-electron chi connectivity index (χ3n) is 4.97. The number of hydrogen-bond donors (Lipinski definition) is 1. The topological polar surface area (TPSA) is 85.4 Å². The second-order valence-electron chi connectivity index (χ2n) is 7.20. The lowest BCUT2D eigenvalue weighted by atomic mass is 10.1. The summed E-state index contributed by atoms with van der Waals surface area (Å²) in [5.74, 6) is 0.579. The lowest BCUT2D eigenvalue weighted by molar-refractivity contribution is -0.122. The zero-order valence-electron chi connectivity index (χ0n) is 16.3. The number of thiazole rings is 1. The lowest BCUT2D eigenvalue weighted by Gasteiger charge is -2.12. The second kappa shape index (κ2) is 8.97. The summed E-state index contributed by atoms with van der Waals surface area (Å²) >= 11 is 1.33. The van der Waals surface area contributed by atoms with E-state index in [0.717, 1.165) is 16.9 Å². The summed E-state index contributed by atoms with van der Waals surface area (Å²) in [5.41, 5.74) is 2.05. The Morgan fingerprint density at radius 1 is 1.13 bits per heavy atom. The normalized spacial score (nSPS) is 15.5. The van der Waals surface area contributed by atoms with Gasteiger partial charge in [-0.1, -0.05) is 24.3 Å². The monoisotopic (exact) mass is 442 g/mol. The number of benzene rings is 2. The number of carbonyl (C=O) groups excluding carboxylic acids is 1. The van der Waals surface area contributed by atoms with Crippen LogP contribution in [0, 0.1) is 0 Å².